The molecule has 0 aliphatic heterocycles. The molecule has 1 amide bonds. The summed E-state index contributed by atoms with van der Waals surface area (Å²) >= 11 is 0. The van der Waals surface area contributed by atoms with Crippen molar-refractivity contribution in [2.24, 2.45) is 27.1 Å². The molecule has 0 heterocycles. The second-order valence-corrected chi connectivity index (χ2v) is 8.25. The van der Waals surface area contributed by atoms with Gasteiger partial charge in [0.15, 0.2) is 0 Å². The number of fused-ring (bicyclic) bond motifs is 2. The van der Waals surface area contributed by atoms with Crippen LogP contribution in [0.4, 0.5) is 11.4 Å². The van der Waals surface area contributed by atoms with E-state index in [2.05, 4.69) is 5.16 Å². The zero-order valence-electron chi connectivity index (χ0n) is 16.1. The van der Waals surface area contributed by atoms with Crippen molar-refractivity contribution in [3.63, 3.8) is 0 Å². The summed E-state index contributed by atoms with van der Waals surface area (Å²) in [5.41, 5.74) is 2.77. The van der Waals surface area contributed by atoms with Gasteiger partial charge in [-0.15, -0.1) is 0 Å². The van der Waals surface area contributed by atoms with Crippen LogP contribution < -0.4 is 5.73 Å². The first kappa shape index (κ1) is 20.4. The molecular weight excluding hydrogens is 384 g/mol. The number of carbonyl (C=O) groups is 2. The minimum atomic E-state index is -1.07. The third kappa shape index (κ3) is 2.76. The third-order valence-corrected chi connectivity index (χ3v) is 7.00. The molecule has 1 aromatic carbocycles. The van der Waals surface area contributed by atoms with Gasteiger partial charge in [0.25, 0.3) is 11.4 Å². The number of nitrogens with zero attached hydrogens (tertiary/aromatic N) is 3. The number of primary amides is 1. The van der Waals surface area contributed by atoms with E-state index in [0.29, 0.717) is 18.6 Å². The molecule has 2 unspecified atom stereocenters. The van der Waals surface area contributed by atoms with Gasteiger partial charge in [-0.25, -0.2) is 4.79 Å². The first-order chi connectivity index (χ1) is 13.4. The van der Waals surface area contributed by atoms with E-state index >= 15 is 0 Å². The van der Waals surface area contributed by atoms with Crippen molar-refractivity contribution < 1.29 is 24.3 Å². The van der Waals surface area contributed by atoms with Crippen LogP contribution >= 0.6 is 0 Å². The van der Waals surface area contributed by atoms with E-state index in [-0.39, 0.29) is 12.0 Å². The minimum Gasteiger partial charge on any atom is -0.369 e. The number of hydrogen-bond acceptors (Lipinski definition) is 8. The average molecular weight is 404 g/mol. The summed E-state index contributed by atoms with van der Waals surface area (Å²) in [7, 11) is 0. The van der Waals surface area contributed by atoms with Crippen molar-refractivity contribution in [2.45, 2.75) is 40.0 Å². The fourth-order valence-corrected chi connectivity index (χ4v) is 4.64. The minimum absolute atomic E-state index is 0.244. The van der Waals surface area contributed by atoms with Crippen molar-refractivity contribution in [1.29, 1.82) is 0 Å². The van der Waals surface area contributed by atoms with Gasteiger partial charge in [-0.1, -0.05) is 25.9 Å². The number of oxime groups is 1. The molecule has 2 N–H and O–H groups in total. The number of nitro benzene ring substituents is 2. The molecule has 2 aliphatic carbocycles. The Balaban J connectivity index is 1.92. The Kier molecular flexibility index (Phi) is 4.44. The average Bonchev–Trinajstić information content (AvgIpc) is 2.96. The molecule has 11 heteroatoms. The van der Waals surface area contributed by atoms with Gasteiger partial charge in [-0.2, -0.15) is 0 Å². The fourth-order valence-electron chi connectivity index (χ4n) is 4.64. The zero-order chi connectivity index (χ0) is 21.8. The number of benzene rings is 1. The Labute approximate surface area is 165 Å². The van der Waals surface area contributed by atoms with Crippen LogP contribution in [0.15, 0.2) is 23.4 Å². The first-order valence-corrected chi connectivity index (χ1v) is 8.88. The van der Waals surface area contributed by atoms with Crippen LogP contribution in [-0.4, -0.2) is 27.4 Å². The van der Waals surface area contributed by atoms with E-state index in [1.54, 1.807) is 0 Å². The molecule has 2 aliphatic rings. The van der Waals surface area contributed by atoms with Gasteiger partial charge >= 0.3 is 5.97 Å². The summed E-state index contributed by atoms with van der Waals surface area (Å²) < 4.78 is 0. The molecule has 2 bridgehead atoms. The number of hydrogen-bond donors (Lipinski definition) is 1. The highest BCUT2D eigenvalue weighted by Crippen LogP contribution is 2.70. The van der Waals surface area contributed by atoms with Crippen LogP contribution in [0.5, 0.6) is 0 Å². The van der Waals surface area contributed by atoms with E-state index in [9.17, 15) is 29.8 Å². The molecular formula is C18H20N4O7. The summed E-state index contributed by atoms with van der Waals surface area (Å²) in [6, 6.07) is 2.51. The van der Waals surface area contributed by atoms with E-state index < -0.39 is 49.3 Å². The zero-order valence-corrected chi connectivity index (χ0v) is 16.1. The summed E-state index contributed by atoms with van der Waals surface area (Å²) in [6.45, 7) is 5.79. The Morgan fingerprint density at radius 3 is 2.07 bits per heavy atom. The lowest BCUT2D eigenvalue weighted by atomic mass is 9.64. The maximum atomic E-state index is 12.4. The van der Waals surface area contributed by atoms with E-state index in [4.69, 9.17) is 10.6 Å². The maximum absolute atomic E-state index is 12.4. The van der Waals surface area contributed by atoms with Gasteiger partial charge in [-0.3, -0.25) is 25.0 Å². The molecule has 0 saturated heterocycles. The van der Waals surface area contributed by atoms with Crippen molar-refractivity contribution in [1.82, 2.24) is 0 Å². The van der Waals surface area contributed by atoms with Gasteiger partial charge in [0.05, 0.1) is 32.6 Å². The quantitative estimate of drug-likeness (QED) is 0.447. The second kappa shape index (κ2) is 6.33. The van der Waals surface area contributed by atoms with Crippen LogP contribution in [0.1, 0.15) is 50.4 Å². The molecule has 154 valence electrons. The number of rotatable bonds is 5. The molecule has 2 saturated carbocycles. The second-order valence-electron chi connectivity index (χ2n) is 8.25. The Bertz CT molecular complexity index is 954. The number of nitrogens with two attached hydrogens (primary N) is 1. The van der Waals surface area contributed by atoms with E-state index in [0.717, 1.165) is 18.2 Å². The summed E-state index contributed by atoms with van der Waals surface area (Å²) in [4.78, 5) is 49.8. The SMILES string of the molecule is CC12CCC(C(N)=O)(C/C1=N/OC(=O)c1cc([N+](=O)[O-])cc([N+](=O)[O-])c1)C2(C)C. The number of nitro groups is 2. The molecule has 0 aromatic heterocycles. The van der Waals surface area contributed by atoms with Crippen molar-refractivity contribution in [3.8, 4) is 0 Å². The smallest absolute Gasteiger partial charge is 0.366 e. The van der Waals surface area contributed by atoms with Gasteiger partial charge in [0.1, 0.15) is 0 Å². The summed E-state index contributed by atoms with van der Waals surface area (Å²) in [6.07, 6.45) is 1.49. The van der Waals surface area contributed by atoms with Crippen LogP contribution in [0.2, 0.25) is 0 Å². The van der Waals surface area contributed by atoms with Gasteiger partial charge in [0, 0.05) is 24.0 Å². The highest BCUT2D eigenvalue weighted by atomic mass is 16.7. The van der Waals surface area contributed by atoms with E-state index in [1.165, 1.54) is 0 Å². The van der Waals surface area contributed by atoms with E-state index in [1.807, 2.05) is 20.8 Å². The van der Waals surface area contributed by atoms with Gasteiger partial charge in [0.2, 0.25) is 5.91 Å². The number of amides is 1. The van der Waals surface area contributed by atoms with Crippen LogP contribution in [0.25, 0.3) is 0 Å². The Morgan fingerprint density at radius 2 is 1.62 bits per heavy atom. The van der Waals surface area contributed by atoms with Crippen LogP contribution in [-0.2, 0) is 9.63 Å². The molecule has 1 aromatic rings. The lowest BCUT2D eigenvalue weighted by Crippen LogP contribution is -2.44. The van der Waals surface area contributed by atoms with Crippen LogP contribution in [0, 0.1) is 36.5 Å². The largest absolute Gasteiger partial charge is 0.369 e. The van der Waals surface area contributed by atoms with Gasteiger partial charge < -0.3 is 10.6 Å². The highest BCUT2D eigenvalue weighted by molar-refractivity contribution is 6.02. The van der Waals surface area contributed by atoms with Crippen molar-refractivity contribution >= 4 is 29.0 Å². The Morgan fingerprint density at radius 1 is 1.07 bits per heavy atom. The number of carbonyl (C=O) groups excluding carboxylic acids is 2. The summed E-state index contributed by atoms with van der Waals surface area (Å²) in [5.74, 6) is -1.50. The molecule has 2 atom stereocenters. The van der Waals surface area contributed by atoms with Crippen molar-refractivity contribution in [3.05, 3.63) is 44.0 Å². The predicted octanol–water partition coefficient (Wildman–Crippen LogP) is 2.72. The Hall–Kier alpha value is -3.37. The number of non-ortho nitro benzene ring substituents is 2. The maximum Gasteiger partial charge on any atom is 0.366 e. The summed E-state index contributed by atoms with van der Waals surface area (Å²) in [5, 5.41) is 25.9. The van der Waals surface area contributed by atoms with Crippen molar-refractivity contribution in [2.75, 3.05) is 0 Å². The van der Waals surface area contributed by atoms with Gasteiger partial charge in [-0.05, 0) is 18.3 Å². The molecule has 0 spiro atoms. The molecule has 0 radical (unpaired) electrons. The predicted molar refractivity (Wildman–Crippen MR) is 100.0 cm³/mol. The monoisotopic (exact) mass is 404 g/mol. The third-order valence-electron chi connectivity index (χ3n) is 7.00. The standard InChI is InChI=1S/C18H20N4O7/c1-16(2)17(3)4-5-18(16,15(19)24)9-13(17)20-29-14(23)10-6-11(21(25)26)8-12(7-10)22(27)28/h6-8H,4-5,9H2,1-3H3,(H2,19,24)/b20-13-. The molecule has 29 heavy (non-hydrogen) atoms. The first-order valence-electron chi connectivity index (χ1n) is 8.88. The lowest BCUT2D eigenvalue weighted by Gasteiger charge is -2.38. The molecule has 3 rings (SSSR count). The highest BCUT2D eigenvalue weighted by Gasteiger charge is 2.71. The lowest BCUT2D eigenvalue weighted by molar-refractivity contribution is -0.394. The fraction of sp³-hybridized carbons (Fsp3) is 0.500. The normalized spacial score (nSPS) is 28.3. The van der Waals surface area contributed by atoms with Crippen LogP contribution in [0.3, 0.4) is 0 Å². The molecule has 11 nitrogen and oxygen atoms in total. The topological polar surface area (TPSA) is 168 Å². The molecule has 2 fully saturated rings.